The second kappa shape index (κ2) is 8.91. The summed E-state index contributed by atoms with van der Waals surface area (Å²) < 4.78 is 5.41. The monoisotopic (exact) mass is 386 g/mol. The van der Waals surface area contributed by atoms with Crippen LogP contribution < -0.4 is 10.1 Å². The third-order valence-electron chi connectivity index (χ3n) is 4.60. The smallest absolute Gasteiger partial charge is 0.253 e. The van der Waals surface area contributed by atoms with Crippen molar-refractivity contribution in [1.82, 2.24) is 4.90 Å². The summed E-state index contributed by atoms with van der Waals surface area (Å²) in [5, 5.41) is 3.53. The van der Waals surface area contributed by atoms with Crippen LogP contribution in [0.25, 0.3) is 0 Å². The van der Waals surface area contributed by atoms with E-state index in [4.69, 9.17) is 16.3 Å². The largest absolute Gasteiger partial charge is 0.494 e. The molecule has 0 aromatic heterocycles. The Bertz CT molecular complexity index is 790. The molecule has 1 N–H and O–H groups in total. The van der Waals surface area contributed by atoms with E-state index in [0.717, 1.165) is 24.3 Å². The summed E-state index contributed by atoms with van der Waals surface area (Å²) in [6.45, 7) is 3.61. The molecule has 6 heteroatoms. The fourth-order valence-electron chi connectivity index (χ4n) is 3.20. The molecule has 1 aliphatic heterocycles. The van der Waals surface area contributed by atoms with Crippen LogP contribution in [0, 0.1) is 5.92 Å². The van der Waals surface area contributed by atoms with E-state index in [1.54, 1.807) is 29.2 Å². The lowest BCUT2D eigenvalue weighted by molar-refractivity contribution is -0.121. The van der Waals surface area contributed by atoms with E-state index in [0.29, 0.717) is 30.3 Å². The minimum Gasteiger partial charge on any atom is -0.494 e. The molecular weight excluding hydrogens is 364 g/mol. The van der Waals surface area contributed by atoms with Crippen molar-refractivity contribution in [2.75, 3.05) is 25.0 Å². The highest BCUT2D eigenvalue weighted by Crippen LogP contribution is 2.22. The van der Waals surface area contributed by atoms with Crippen molar-refractivity contribution in [3.63, 3.8) is 0 Å². The van der Waals surface area contributed by atoms with E-state index < -0.39 is 0 Å². The lowest BCUT2D eigenvalue weighted by Gasteiger charge is -2.32. The van der Waals surface area contributed by atoms with Gasteiger partial charge < -0.3 is 15.0 Å². The lowest BCUT2D eigenvalue weighted by Crippen LogP contribution is -2.43. The van der Waals surface area contributed by atoms with E-state index in [9.17, 15) is 9.59 Å². The Balaban J connectivity index is 1.60. The molecule has 3 rings (SSSR count). The molecule has 1 atom stereocenters. The van der Waals surface area contributed by atoms with Crippen molar-refractivity contribution >= 4 is 29.1 Å². The third kappa shape index (κ3) is 5.01. The van der Waals surface area contributed by atoms with Gasteiger partial charge in [0, 0.05) is 29.4 Å². The van der Waals surface area contributed by atoms with Crippen molar-refractivity contribution in [1.29, 1.82) is 0 Å². The van der Waals surface area contributed by atoms with E-state index in [-0.39, 0.29) is 17.7 Å². The zero-order valence-electron chi connectivity index (χ0n) is 15.3. The summed E-state index contributed by atoms with van der Waals surface area (Å²) >= 11 is 5.89. The molecule has 1 aliphatic rings. The minimum absolute atomic E-state index is 0.0623. The quantitative estimate of drug-likeness (QED) is 0.836. The lowest BCUT2D eigenvalue weighted by atomic mass is 9.96. The van der Waals surface area contributed by atoms with Crippen LogP contribution in [0.15, 0.2) is 48.5 Å². The van der Waals surface area contributed by atoms with E-state index in [1.165, 1.54) is 0 Å². The second-order valence-corrected chi connectivity index (χ2v) is 6.98. The molecule has 1 saturated heterocycles. The molecule has 0 bridgehead atoms. The first-order valence-electron chi connectivity index (χ1n) is 9.15. The minimum atomic E-state index is -0.221. The predicted molar refractivity (Wildman–Crippen MR) is 106 cm³/mol. The van der Waals surface area contributed by atoms with Gasteiger partial charge in [-0.05, 0) is 68.3 Å². The van der Waals surface area contributed by atoms with Gasteiger partial charge in [0.25, 0.3) is 5.91 Å². The number of halogens is 1. The number of nitrogens with zero attached hydrogens (tertiary/aromatic N) is 1. The molecule has 2 amide bonds. The van der Waals surface area contributed by atoms with E-state index in [2.05, 4.69) is 5.32 Å². The standard InChI is InChI=1S/C21H23ClN2O3/c1-2-27-19-11-9-18(10-12-19)23-20(25)16-4-3-13-24(14-16)21(26)15-5-7-17(22)8-6-15/h5-12,16H,2-4,13-14H2,1H3,(H,23,25). The first-order valence-corrected chi connectivity index (χ1v) is 9.53. The fourth-order valence-corrected chi connectivity index (χ4v) is 3.32. The summed E-state index contributed by atoms with van der Waals surface area (Å²) in [5.41, 5.74) is 1.32. The normalized spacial score (nSPS) is 16.7. The molecule has 0 aliphatic carbocycles. The number of carbonyl (C=O) groups is 2. The number of rotatable bonds is 5. The Kier molecular flexibility index (Phi) is 6.35. The summed E-state index contributed by atoms with van der Waals surface area (Å²) in [7, 11) is 0. The summed E-state index contributed by atoms with van der Waals surface area (Å²) in [6, 6.07) is 14.1. The Labute approximate surface area is 164 Å². The topological polar surface area (TPSA) is 58.6 Å². The first-order chi connectivity index (χ1) is 13.1. The second-order valence-electron chi connectivity index (χ2n) is 6.54. The predicted octanol–water partition coefficient (Wildman–Crippen LogP) is 4.23. The number of amides is 2. The Hall–Kier alpha value is -2.53. The average molecular weight is 387 g/mol. The molecule has 2 aromatic carbocycles. The summed E-state index contributed by atoms with van der Waals surface area (Å²) in [4.78, 5) is 27.0. The highest BCUT2D eigenvalue weighted by atomic mass is 35.5. The van der Waals surface area contributed by atoms with Crippen LogP contribution in [0.4, 0.5) is 5.69 Å². The number of piperidine rings is 1. The SMILES string of the molecule is CCOc1ccc(NC(=O)C2CCCN(C(=O)c3ccc(Cl)cc3)C2)cc1. The molecule has 1 heterocycles. The maximum Gasteiger partial charge on any atom is 0.253 e. The van der Waals surface area contributed by atoms with Crippen molar-refractivity contribution in [2.24, 2.45) is 5.92 Å². The number of carbonyl (C=O) groups excluding carboxylic acids is 2. The van der Waals surface area contributed by atoms with Crippen LogP contribution in [0.1, 0.15) is 30.1 Å². The zero-order chi connectivity index (χ0) is 19.2. The first kappa shape index (κ1) is 19.2. The highest BCUT2D eigenvalue weighted by Gasteiger charge is 2.29. The van der Waals surface area contributed by atoms with Crippen LogP contribution in [0.3, 0.4) is 0 Å². The number of anilines is 1. The third-order valence-corrected chi connectivity index (χ3v) is 4.86. The molecule has 2 aromatic rings. The van der Waals surface area contributed by atoms with Crippen molar-refractivity contribution in [2.45, 2.75) is 19.8 Å². The number of ether oxygens (including phenoxy) is 1. The molecule has 0 spiro atoms. The maximum atomic E-state index is 12.7. The Morgan fingerprint density at radius 2 is 1.85 bits per heavy atom. The molecular formula is C21H23ClN2O3. The van der Waals surface area contributed by atoms with Gasteiger partial charge in [0.05, 0.1) is 12.5 Å². The van der Waals surface area contributed by atoms with Gasteiger partial charge in [-0.2, -0.15) is 0 Å². The number of benzene rings is 2. The van der Waals surface area contributed by atoms with Gasteiger partial charge in [-0.25, -0.2) is 0 Å². The van der Waals surface area contributed by atoms with Gasteiger partial charge in [-0.15, -0.1) is 0 Å². The van der Waals surface area contributed by atoms with Crippen LogP contribution in [0.5, 0.6) is 5.75 Å². The van der Waals surface area contributed by atoms with E-state index in [1.807, 2.05) is 31.2 Å². The maximum absolute atomic E-state index is 12.7. The molecule has 1 unspecified atom stereocenters. The van der Waals surface area contributed by atoms with Crippen LogP contribution in [0.2, 0.25) is 5.02 Å². The van der Waals surface area contributed by atoms with Gasteiger partial charge in [0.1, 0.15) is 5.75 Å². The van der Waals surface area contributed by atoms with Crippen molar-refractivity contribution < 1.29 is 14.3 Å². The van der Waals surface area contributed by atoms with Gasteiger partial charge in [-0.3, -0.25) is 9.59 Å². The van der Waals surface area contributed by atoms with Gasteiger partial charge in [0.2, 0.25) is 5.91 Å². The Morgan fingerprint density at radius 3 is 2.52 bits per heavy atom. The van der Waals surface area contributed by atoms with Crippen LogP contribution in [-0.2, 0) is 4.79 Å². The van der Waals surface area contributed by atoms with Gasteiger partial charge in [0.15, 0.2) is 0 Å². The molecule has 27 heavy (non-hydrogen) atoms. The highest BCUT2D eigenvalue weighted by molar-refractivity contribution is 6.30. The van der Waals surface area contributed by atoms with Gasteiger partial charge >= 0.3 is 0 Å². The Morgan fingerprint density at radius 1 is 1.15 bits per heavy atom. The van der Waals surface area contributed by atoms with Crippen LogP contribution >= 0.6 is 11.6 Å². The molecule has 5 nitrogen and oxygen atoms in total. The zero-order valence-corrected chi connectivity index (χ0v) is 16.0. The van der Waals surface area contributed by atoms with Crippen molar-refractivity contribution in [3.8, 4) is 5.75 Å². The summed E-state index contributed by atoms with van der Waals surface area (Å²) in [6.07, 6.45) is 1.58. The molecule has 0 radical (unpaired) electrons. The number of hydrogen-bond acceptors (Lipinski definition) is 3. The van der Waals surface area contributed by atoms with Crippen molar-refractivity contribution in [3.05, 3.63) is 59.1 Å². The number of hydrogen-bond donors (Lipinski definition) is 1. The number of nitrogens with one attached hydrogen (secondary N) is 1. The molecule has 142 valence electrons. The van der Waals surface area contributed by atoms with Crippen LogP contribution in [-0.4, -0.2) is 36.4 Å². The summed E-state index contributed by atoms with van der Waals surface area (Å²) in [5.74, 6) is 0.424. The van der Waals surface area contributed by atoms with E-state index >= 15 is 0 Å². The van der Waals surface area contributed by atoms with Gasteiger partial charge in [-0.1, -0.05) is 11.6 Å². The number of likely N-dealkylation sites (tertiary alicyclic amines) is 1. The fraction of sp³-hybridized carbons (Fsp3) is 0.333. The molecule has 1 fully saturated rings. The molecule has 0 saturated carbocycles. The average Bonchev–Trinajstić information content (AvgIpc) is 2.70.